The zero-order valence-electron chi connectivity index (χ0n) is 15.3. The summed E-state index contributed by atoms with van der Waals surface area (Å²) < 4.78 is 10.5. The molecule has 6 heteroatoms. The van der Waals surface area contributed by atoms with Crippen molar-refractivity contribution < 1.29 is 19.1 Å². The first-order valence-electron chi connectivity index (χ1n) is 8.38. The number of imide groups is 1. The quantitative estimate of drug-likeness (QED) is 0.836. The van der Waals surface area contributed by atoms with Crippen LogP contribution in [0.3, 0.4) is 0 Å². The van der Waals surface area contributed by atoms with Gasteiger partial charge in [0.25, 0.3) is 5.91 Å². The number of carbonyl (C=O) groups is 2. The maximum atomic E-state index is 12.9. The lowest BCUT2D eigenvalue weighted by molar-refractivity contribution is -0.121. The monoisotopic (exact) mass is 354 g/mol. The zero-order chi connectivity index (χ0) is 18.8. The molecule has 1 saturated heterocycles. The number of hydrogen-bond acceptors (Lipinski definition) is 5. The van der Waals surface area contributed by atoms with Gasteiger partial charge in [0.2, 0.25) is 5.91 Å². The van der Waals surface area contributed by atoms with E-state index in [2.05, 4.69) is 5.32 Å². The Balaban J connectivity index is 1.90. The minimum Gasteiger partial charge on any atom is -0.497 e. The summed E-state index contributed by atoms with van der Waals surface area (Å²) in [5, 5.41) is 3.24. The van der Waals surface area contributed by atoms with Crippen LogP contribution < -0.4 is 19.7 Å². The fourth-order valence-electron chi connectivity index (χ4n) is 3.18. The van der Waals surface area contributed by atoms with E-state index >= 15 is 0 Å². The Kier molecular flexibility index (Phi) is 4.84. The molecule has 2 aromatic carbocycles. The van der Waals surface area contributed by atoms with Crippen LogP contribution in [0.25, 0.3) is 0 Å². The van der Waals surface area contributed by atoms with Crippen molar-refractivity contribution in [3.63, 3.8) is 0 Å². The van der Waals surface area contributed by atoms with Crippen molar-refractivity contribution in [2.45, 2.75) is 26.3 Å². The SMILES string of the molecule is COc1ccc(N2C(=O)CC(Nc3c(C)cccc3C)C2=O)c(OC)c1. The van der Waals surface area contributed by atoms with Crippen molar-refractivity contribution in [1.29, 1.82) is 0 Å². The molecule has 0 spiro atoms. The fourth-order valence-corrected chi connectivity index (χ4v) is 3.18. The van der Waals surface area contributed by atoms with Crippen molar-refractivity contribution in [3.05, 3.63) is 47.5 Å². The minimum absolute atomic E-state index is 0.0990. The first-order chi connectivity index (χ1) is 12.5. The van der Waals surface area contributed by atoms with Gasteiger partial charge < -0.3 is 14.8 Å². The average Bonchev–Trinajstić information content (AvgIpc) is 2.91. The molecule has 0 saturated carbocycles. The third kappa shape index (κ3) is 3.10. The maximum Gasteiger partial charge on any atom is 0.256 e. The second-order valence-electron chi connectivity index (χ2n) is 6.27. The summed E-state index contributed by atoms with van der Waals surface area (Å²) in [5.41, 5.74) is 3.38. The number of carbonyl (C=O) groups excluding carboxylic acids is 2. The third-order valence-electron chi connectivity index (χ3n) is 4.57. The van der Waals surface area contributed by atoms with Gasteiger partial charge in [-0.1, -0.05) is 18.2 Å². The average molecular weight is 354 g/mol. The molecule has 2 aromatic rings. The van der Waals surface area contributed by atoms with Crippen LogP contribution >= 0.6 is 0 Å². The van der Waals surface area contributed by atoms with Gasteiger partial charge >= 0.3 is 0 Å². The molecule has 0 aromatic heterocycles. The second-order valence-corrected chi connectivity index (χ2v) is 6.27. The summed E-state index contributed by atoms with van der Waals surface area (Å²) in [6.45, 7) is 3.95. The number of hydrogen-bond donors (Lipinski definition) is 1. The van der Waals surface area contributed by atoms with Crippen LogP contribution in [0, 0.1) is 13.8 Å². The first-order valence-corrected chi connectivity index (χ1v) is 8.38. The molecule has 1 unspecified atom stereocenters. The number of aryl methyl sites for hydroxylation is 2. The molecular formula is C20H22N2O4. The predicted octanol–water partition coefficient (Wildman–Crippen LogP) is 3.06. The molecule has 26 heavy (non-hydrogen) atoms. The van der Waals surface area contributed by atoms with E-state index in [0.29, 0.717) is 17.2 Å². The molecule has 1 aliphatic rings. The van der Waals surface area contributed by atoms with Gasteiger partial charge in [0.05, 0.1) is 26.3 Å². The highest BCUT2D eigenvalue weighted by Gasteiger charge is 2.41. The van der Waals surface area contributed by atoms with Crippen LogP contribution in [0.1, 0.15) is 17.5 Å². The lowest BCUT2D eigenvalue weighted by Crippen LogP contribution is -2.35. The summed E-state index contributed by atoms with van der Waals surface area (Å²) >= 11 is 0. The Bertz CT molecular complexity index is 843. The highest BCUT2D eigenvalue weighted by Crippen LogP contribution is 2.36. The number of anilines is 2. The zero-order valence-corrected chi connectivity index (χ0v) is 15.3. The molecule has 0 aliphatic carbocycles. The van der Waals surface area contributed by atoms with Crippen LogP contribution in [0.5, 0.6) is 11.5 Å². The van der Waals surface area contributed by atoms with Crippen LogP contribution in [0.15, 0.2) is 36.4 Å². The highest BCUT2D eigenvalue weighted by molar-refractivity contribution is 6.23. The van der Waals surface area contributed by atoms with E-state index in [4.69, 9.17) is 9.47 Å². The lowest BCUT2D eigenvalue weighted by atomic mass is 10.1. The Morgan fingerprint density at radius 2 is 1.73 bits per heavy atom. The number of nitrogens with zero attached hydrogens (tertiary/aromatic N) is 1. The molecule has 1 atom stereocenters. The normalized spacial score (nSPS) is 16.8. The van der Waals surface area contributed by atoms with Gasteiger partial charge in [0.15, 0.2) is 0 Å². The third-order valence-corrected chi connectivity index (χ3v) is 4.57. The van der Waals surface area contributed by atoms with Crippen molar-refractivity contribution >= 4 is 23.2 Å². The topological polar surface area (TPSA) is 67.9 Å². The van der Waals surface area contributed by atoms with Gasteiger partial charge in [-0.25, -0.2) is 4.90 Å². The molecule has 1 N–H and O–H groups in total. The van der Waals surface area contributed by atoms with Crippen molar-refractivity contribution in [2.75, 3.05) is 24.4 Å². The Morgan fingerprint density at radius 1 is 1.04 bits per heavy atom. The lowest BCUT2D eigenvalue weighted by Gasteiger charge is -2.20. The van der Waals surface area contributed by atoms with Gasteiger partial charge in [-0.2, -0.15) is 0 Å². The number of ether oxygens (including phenoxy) is 2. The molecule has 1 heterocycles. The van der Waals surface area contributed by atoms with E-state index < -0.39 is 6.04 Å². The van der Waals surface area contributed by atoms with E-state index in [1.807, 2.05) is 32.0 Å². The van der Waals surface area contributed by atoms with E-state index in [1.165, 1.54) is 12.0 Å². The molecule has 0 radical (unpaired) electrons. The summed E-state index contributed by atoms with van der Waals surface area (Å²) in [6, 6.07) is 10.3. The van der Waals surface area contributed by atoms with Crippen molar-refractivity contribution in [1.82, 2.24) is 0 Å². The Hall–Kier alpha value is -3.02. The summed E-state index contributed by atoms with van der Waals surface area (Å²) in [4.78, 5) is 26.7. The molecule has 6 nitrogen and oxygen atoms in total. The van der Waals surface area contributed by atoms with E-state index in [-0.39, 0.29) is 18.2 Å². The Morgan fingerprint density at radius 3 is 2.35 bits per heavy atom. The van der Waals surface area contributed by atoms with Gasteiger partial charge in [-0.15, -0.1) is 0 Å². The fraction of sp³-hybridized carbons (Fsp3) is 0.300. The summed E-state index contributed by atoms with van der Waals surface area (Å²) in [5.74, 6) is 0.456. The molecule has 3 rings (SSSR count). The smallest absolute Gasteiger partial charge is 0.256 e. The number of amides is 2. The molecule has 1 aliphatic heterocycles. The minimum atomic E-state index is -0.603. The number of nitrogens with one attached hydrogen (secondary N) is 1. The molecule has 1 fully saturated rings. The molecular weight excluding hydrogens is 332 g/mol. The summed E-state index contributed by atoms with van der Waals surface area (Å²) in [7, 11) is 3.04. The number of para-hydroxylation sites is 1. The van der Waals surface area contributed by atoms with Crippen molar-refractivity contribution in [2.24, 2.45) is 0 Å². The highest BCUT2D eigenvalue weighted by atomic mass is 16.5. The van der Waals surface area contributed by atoms with Gasteiger partial charge in [-0.3, -0.25) is 9.59 Å². The second kappa shape index (κ2) is 7.07. The Labute approximate surface area is 152 Å². The number of methoxy groups -OCH3 is 2. The van der Waals surface area contributed by atoms with E-state index in [1.54, 1.807) is 25.3 Å². The van der Waals surface area contributed by atoms with E-state index in [9.17, 15) is 9.59 Å². The maximum absolute atomic E-state index is 12.9. The number of rotatable bonds is 5. The molecule has 0 bridgehead atoms. The van der Waals surface area contributed by atoms with Crippen LogP contribution in [0.4, 0.5) is 11.4 Å². The van der Waals surface area contributed by atoms with Gasteiger partial charge in [-0.05, 0) is 37.1 Å². The largest absolute Gasteiger partial charge is 0.497 e. The number of benzene rings is 2. The molecule has 2 amide bonds. The van der Waals surface area contributed by atoms with E-state index in [0.717, 1.165) is 16.8 Å². The van der Waals surface area contributed by atoms with Gasteiger partial charge in [0, 0.05) is 11.8 Å². The van der Waals surface area contributed by atoms with Crippen LogP contribution in [-0.2, 0) is 9.59 Å². The summed E-state index contributed by atoms with van der Waals surface area (Å²) in [6.07, 6.45) is 0.0990. The standard InChI is InChI=1S/C20H22N2O4/c1-12-6-5-7-13(2)19(12)21-15-11-18(23)22(20(15)24)16-9-8-14(25-3)10-17(16)26-4/h5-10,15,21H,11H2,1-4H3. The molecule has 136 valence electrons. The van der Waals surface area contributed by atoms with Crippen LogP contribution in [0.2, 0.25) is 0 Å². The predicted molar refractivity (Wildman–Crippen MR) is 100.0 cm³/mol. The van der Waals surface area contributed by atoms with Crippen LogP contribution in [-0.4, -0.2) is 32.1 Å². The van der Waals surface area contributed by atoms with Gasteiger partial charge in [0.1, 0.15) is 17.5 Å². The van der Waals surface area contributed by atoms with Crippen molar-refractivity contribution in [3.8, 4) is 11.5 Å². The first kappa shape index (κ1) is 17.8.